The quantitative estimate of drug-likeness (QED) is 0.819. The highest BCUT2D eigenvalue weighted by atomic mass is 35.5. The van der Waals surface area contributed by atoms with Gasteiger partial charge in [-0.05, 0) is 38.2 Å². The molecule has 108 valence electrons. The molecule has 0 amide bonds. The number of nitrogens with one attached hydrogen (secondary N) is 2. The number of nitrogens with zero attached hydrogens (tertiary/aromatic N) is 2. The average Bonchev–Trinajstić information content (AvgIpc) is 2.70. The predicted molar refractivity (Wildman–Crippen MR) is 82.8 cm³/mol. The van der Waals surface area contributed by atoms with Crippen LogP contribution in [0.25, 0.3) is 0 Å². The van der Waals surface area contributed by atoms with E-state index in [0.29, 0.717) is 33.7 Å². The summed E-state index contributed by atoms with van der Waals surface area (Å²) in [7, 11) is 0. The third-order valence-electron chi connectivity index (χ3n) is 2.64. The van der Waals surface area contributed by atoms with Crippen molar-refractivity contribution in [2.45, 2.75) is 20.4 Å². The van der Waals surface area contributed by atoms with E-state index in [1.54, 1.807) is 10.7 Å². The first kappa shape index (κ1) is 15.2. The Kier molecular flexibility index (Phi) is 4.91. The molecule has 1 aromatic carbocycles. The summed E-state index contributed by atoms with van der Waals surface area (Å²) in [6.07, 6.45) is 0. The molecule has 0 saturated carbocycles. The van der Waals surface area contributed by atoms with Gasteiger partial charge in [0.25, 0.3) is 0 Å². The van der Waals surface area contributed by atoms with Gasteiger partial charge in [-0.1, -0.05) is 23.2 Å². The zero-order chi connectivity index (χ0) is 14.7. The molecule has 0 unspecified atom stereocenters. The Morgan fingerprint density at radius 2 is 2.20 bits per heavy atom. The molecular formula is C12H14Cl2N4OS. The number of benzene rings is 1. The summed E-state index contributed by atoms with van der Waals surface area (Å²) in [5.74, 6) is 1.36. The topological polar surface area (TPSA) is 54.9 Å². The van der Waals surface area contributed by atoms with Crippen LogP contribution >= 0.6 is 35.4 Å². The number of hydrogen-bond acceptors (Lipinski definition) is 4. The Morgan fingerprint density at radius 3 is 2.80 bits per heavy atom. The molecule has 2 aromatic rings. The van der Waals surface area contributed by atoms with E-state index in [-0.39, 0.29) is 0 Å². The highest BCUT2D eigenvalue weighted by molar-refractivity contribution is 7.71. The molecule has 0 saturated heterocycles. The second-order valence-electron chi connectivity index (χ2n) is 4.06. The molecule has 2 rings (SSSR count). The Bertz CT molecular complexity index is 668. The Balaban J connectivity index is 2.27. The molecular weight excluding hydrogens is 319 g/mol. The number of hydrogen-bond donors (Lipinski definition) is 2. The van der Waals surface area contributed by atoms with E-state index in [1.165, 1.54) is 0 Å². The van der Waals surface area contributed by atoms with Gasteiger partial charge in [0.1, 0.15) is 11.6 Å². The van der Waals surface area contributed by atoms with E-state index in [4.69, 9.17) is 40.2 Å². The second-order valence-corrected chi connectivity index (χ2v) is 5.29. The first-order valence-electron chi connectivity index (χ1n) is 6.01. The maximum absolute atomic E-state index is 6.15. The highest BCUT2D eigenvalue weighted by Crippen LogP contribution is 2.32. The van der Waals surface area contributed by atoms with Crippen molar-refractivity contribution in [1.82, 2.24) is 14.9 Å². The van der Waals surface area contributed by atoms with Crippen molar-refractivity contribution in [2.24, 2.45) is 0 Å². The van der Waals surface area contributed by atoms with Gasteiger partial charge in [0.05, 0.1) is 18.2 Å². The van der Waals surface area contributed by atoms with Crippen molar-refractivity contribution in [3.8, 4) is 5.75 Å². The molecule has 1 heterocycles. The van der Waals surface area contributed by atoms with E-state index in [2.05, 4.69) is 15.6 Å². The molecule has 0 fully saturated rings. The van der Waals surface area contributed by atoms with Crippen LogP contribution in [0.5, 0.6) is 5.75 Å². The van der Waals surface area contributed by atoms with E-state index in [9.17, 15) is 0 Å². The van der Waals surface area contributed by atoms with Crippen LogP contribution in [0.15, 0.2) is 12.1 Å². The minimum atomic E-state index is 0.463. The van der Waals surface area contributed by atoms with Crippen LogP contribution in [0.1, 0.15) is 18.3 Å². The summed E-state index contributed by atoms with van der Waals surface area (Å²) in [6, 6.07) is 3.47. The smallest absolute Gasteiger partial charge is 0.214 e. The van der Waals surface area contributed by atoms with Gasteiger partial charge in [0.15, 0.2) is 0 Å². The number of aromatic amines is 1. The molecule has 1 aromatic heterocycles. The molecule has 0 aliphatic carbocycles. The van der Waals surface area contributed by atoms with Crippen molar-refractivity contribution in [2.75, 3.05) is 12.0 Å². The summed E-state index contributed by atoms with van der Waals surface area (Å²) in [5, 5.41) is 7.78. The van der Waals surface area contributed by atoms with Crippen molar-refractivity contribution in [1.29, 1.82) is 0 Å². The number of H-pyrrole nitrogens is 1. The molecule has 0 atom stereocenters. The Morgan fingerprint density at radius 1 is 1.45 bits per heavy atom. The van der Waals surface area contributed by atoms with Crippen molar-refractivity contribution < 1.29 is 4.74 Å². The normalized spacial score (nSPS) is 10.6. The maximum Gasteiger partial charge on any atom is 0.214 e. The van der Waals surface area contributed by atoms with Gasteiger partial charge < -0.3 is 10.2 Å². The van der Waals surface area contributed by atoms with Crippen LogP contribution in [0.3, 0.4) is 0 Å². The van der Waals surface area contributed by atoms with E-state index >= 15 is 0 Å². The fraction of sp³-hybridized carbons (Fsp3) is 0.333. The molecule has 0 aliphatic rings. The summed E-state index contributed by atoms with van der Waals surface area (Å²) >= 11 is 17.3. The van der Waals surface area contributed by atoms with Gasteiger partial charge >= 0.3 is 0 Å². The molecule has 0 spiro atoms. The SMILES string of the molecule is CCOc1c(Cl)cc(Cl)cc1CNn1c(C)n[nH]c1=S. The lowest BCUT2D eigenvalue weighted by atomic mass is 10.2. The third kappa shape index (κ3) is 3.26. The van der Waals surface area contributed by atoms with Gasteiger partial charge in [0.2, 0.25) is 4.77 Å². The molecule has 20 heavy (non-hydrogen) atoms. The summed E-state index contributed by atoms with van der Waals surface area (Å²) in [5.41, 5.74) is 4.01. The summed E-state index contributed by atoms with van der Waals surface area (Å²) in [6.45, 7) is 4.73. The predicted octanol–water partition coefficient (Wildman–Crippen LogP) is 3.70. The van der Waals surface area contributed by atoms with Crippen molar-refractivity contribution in [3.63, 3.8) is 0 Å². The fourth-order valence-electron chi connectivity index (χ4n) is 1.78. The minimum Gasteiger partial charge on any atom is -0.492 e. The minimum absolute atomic E-state index is 0.463. The van der Waals surface area contributed by atoms with Crippen LogP contribution < -0.4 is 10.2 Å². The third-order valence-corrected chi connectivity index (χ3v) is 3.41. The number of aryl methyl sites for hydroxylation is 1. The Labute approximate surface area is 131 Å². The molecule has 2 N–H and O–H groups in total. The van der Waals surface area contributed by atoms with Gasteiger partial charge in [0, 0.05) is 10.6 Å². The van der Waals surface area contributed by atoms with Crippen LogP contribution in [0.4, 0.5) is 0 Å². The van der Waals surface area contributed by atoms with Gasteiger partial charge in [-0.2, -0.15) is 5.10 Å². The lowest BCUT2D eigenvalue weighted by Crippen LogP contribution is -2.16. The lowest BCUT2D eigenvalue weighted by Gasteiger charge is -2.14. The molecule has 0 radical (unpaired) electrons. The zero-order valence-electron chi connectivity index (χ0n) is 11.0. The van der Waals surface area contributed by atoms with Gasteiger partial charge in [-0.25, -0.2) is 4.68 Å². The monoisotopic (exact) mass is 332 g/mol. The van der Waals surface area contributed by atoms with Crippen LogP contribution in [-0.2, 0) is 6.54 Å². The van der Waals surface area contributed by atoms with Crippen LogP contribution in [0.2, 0.25) is 10.0 Å². The van der Waals surface area contributed by atoms with Crippen molar-refractivity contribution >= 4 is 35.4 Å². The van der Waals surface area contributed by atoms with Gasteiger partial charge in [-0.15, -0.1) is 0 Å². The van der Waals surface area contributed by atoms with Crippen LogP contribution in [0, 0.1) is 11.7 Å². The largest absolute Gasteiger partial charge is 0.492 e. The van der Waals surface area contributed by atoms with E-state index in [0.717, 1.165) is 11.4 Å². The number of rotatable bonds is 5. The first-order valence-corrected chi connectivity index (χ1v) is 7.18. The second kappa shape index (κ2) is 6.47. The molecule has 8 heteroatoms. The Hall–Kier alpha value is -1.24. The summed E-state index contributed by atoms with van der Waals surface area (Å²) < 4.78 is 7.74. The van der Waals surface area contributed by atoms with E-state index in [1.807, 2.05) is 19.9 Å². The molecule has 5 nitrogen and oxygen atoms in total. The zero-order valence-corrected chi connectivity index (χ0v) is 13.4. The number of halogens is 2. The van der Waals surface area contributed by atoms with E-state index < -0.39 is 0 Å². The number of aromatic nitrogens is 3. The molecule has 0 bridgehead atoms. The molecule has 0 aliphatic heterocycles. The number of ether oxygens (including phenoxy) is 1. The lowest BCUT2D eigenvalue weighted by molar-refractivity contribution is 0.337. The first-order chi connectivity index (χ1) is 9.52. The maximum atomic E-state index is 6.15. The van der Waals surface area contributed by atoms with Crippen LogP contribution in [-0.4, -0.2) is 21.5 Å². The highest BCUT2D eigenvalue weighted by Gasteiger charge is 2.11. The fourth-order valence-corrected chi connectivity index (χ4v) is 2.61. The standard InChI is InChI=1S/C12H14Cl2N4OS/c1-3-19-11-8(4-9(13)5-10(11)14)6-15-18-7(2)16-17-12(18)20/h4-5,15H,3,6H2,1-2H3,(H,17,20). The van der Waals surface area contributed by atoms with Gasteiger partial charge in [-0.3, -0.25) is 5.10 Å². The summed E-state index contributed by atoms with van der Waals surface area (Å²) in [4.78, 5) is 0. The average molecular weight is 333 g/mol. The van der Waals surface area contributed by atoms with Crippen molar-refractivity contribution in [3.05, 3.63) is 38.3 Å².